The number of hydrogen-bond donors (Lipinski definition) is 1. The van der Waals surface area contributed by atoms with Crippen LogP contribution < -0.4 is 10.5 Å². The lowest BCUT2D eigenvalue weighted by Crippen LogP contribution is -2.28. The Balaban J connectivity index is 2.51. The summed E-state index contributed by atoms with van der Waals surface area (Å²) in [6.45, 7) is 9.98. The number of nitrogens with zero attached hydrogens (tertiary/aromatic N) is 3. The molecule has 2 N–H and O–H groups in total. The Morgan fingerprint density at radius 3 is 2.56 bits per heavy atom. The van der Waals surface area contributed by atoms with Crippen LogP contribution in [0.25, 0.3) is 0 Å². The van der Waals surface area contributed by atoms with Gasteiger partial charge in [-0.25, -0.2) is 4.98 Å². The second-order valence-electron chi connectivity index (χ2n) is 4.17. The van der Waals surface area contributed by atoms with Gasteiger partial charge in [0.25, 0.3) is 0 Å². The van der Waals surface area contributed by atoms with Crippen LogP contribution >= 0.6 is 0 Å². The maximum atomic E-state index is 5.73. The lowest BCUT2D eigenvalue weighted by Gasteiger charge is -2.17. The van der Waals surface area contributed by atoms with Crippen molar-refractivity contribution in [3.05, 3.63) is 11.9 Å². The van der Waals surface area contributed by atoms with E-state index < -0.39 is 0 Å². The van der Waals surface area contributed by atoms with Gasteiger partial charge in [-0.05, 0) is 19.5 Å². The molecular formula is C13H24N4O. The van der Waals surface area contributed by atoms with E-state index in [9.17, 15) is 0 Å². The van der Waals surface area contributed by atoms with Crippen LogP contribution in [-0.4, -0.2) is 41.1 Å². The average Bonchev–Trinajstić information content (AvgIpc) is 2.34. The number of nitrogens with two attached hydrogens (primary N) is 1. The first-order valence-corrected chi connectivity index (χ1v) is 6.68. The monoisotopic (exact) mass is 252 g/mol. The first-order chi connectivity index (χ1) is 8.69. The van der Waals surface area contributed by atoms with Crippen molar-refractivity contribution in [3.63, 3.8) is 0 Å². The summed E-state index contributed by atoms with van der Waals surface area (Å²) in [7, 11) is 0. The SMILES string of the molecule is CCCc1nc(N)cc(OCCN(CC)CC)n1. The Labute approximate surface area is 109 Å². The first-order valence-electron chi connectivity index (χ1n) is 6.68. The molecule has 1 rings (SSSR count). The number of nitrogen functional groups attached to an aromatic ring is 1. The number of aryl methyl sites for hydroxylation is 1. The fourth-order valence-corrected chi connectivity index (χ4v) is 1.72. The molecule has 0 spiro atoms. The Bertz CT molecular complexity index is 353. The van der Waals surface area contributed by atoms with Crippen molar-refractivity contribution >= 4 is 5.82 Å². The number of ether oxygens (including phenoxy) is 1. The van der Waals surface area contributed by atoms with Crippen LogP contribution in [0.4, 0.5) is 5.82 Å². The number of hydrogen-bond acceptors (Lipinski definition) is 5. The zero-order valence-electron chi connectivity index (χ0n) is 11.6. The molecule has 0 aliphatic carbocycles. The van der Waals surface area contributed by atoms with Crippen LogP contribution in [-0.2, 0) is 6.42 Å². The van der Waals surface area contributed by atoms with Gasteiger partial charge in [-0.1, -0.05) is 20.8 Å². The van der Waals surface area contributed by atoms with Crippen LogP contribution in [0.1, 0.15) is 33.0 Å². The van der Waals surface area contributed by atoms with E-state index in [1.807, 2.05) is 0 Å². The quantitative estimate of drug-likeness (QED) is 0.763. The zero-order valence-corrected chi connectivity index (χ0v) is 11.6. The van der Waals surface area contributed by atoms with E-state index in [2.05, 4.69) is 35.6 Å². The predicted octanol–water partition coefficient (Wildman–Crippen LogP) is 1.73. The Kier molecular flexibility index (Phi) is 6.43. The minimum absolute atomic E-state index is 0.478. The zero-order chi connectivity index (χ0) is 13.4. The van der Waals surface area contributed by atoms with Crippen molar-refractivity contribution in [3.8, 4) is 5.88 Å². The van der Waals surface area contributed by atoms with Crippen LogP contribution in [0.3, 0.4) is 0 Å². The second kappa shape index (κ2) is 7.87. The van der Waals surface area contributed by atoms with Crippen molar-refractivity contribution in [1.29, 1.82) is 0 Å². The van der Waals surface area contributed by atoms with E-state index in [1.165, 1.54) is 0 Å². The van der Waals surface area contributed by atoms with Crippen molar-refractivity contribution in [2.24, 2.45) is 0 Å². The van der Waals surface area contributed by atoms with E-state index in [4.69, 9.17) is 10.5 Å². The van der Waals surface area contributed by atoms with Gasteiger partial charge in [-0.15, -0.1) is 0 Å². The molecule has 1 aromatic heterocycles. The fraction of sp³-hybridized carbons (Fsp3) is 0.692. The molecule has 1 heterocycles. The summed E-state index contributed by atoms with van der Waals surface area (Å²) in [6.07, 6.45) is 1.83. The Morgan fingerprint density at radius 2 is 1.94 bits per heavy atom. The number of aromatic nitrogens is 2. The van der Waals surface area contributed by atoms with E-state index >= 15 is 0 Å². The minimum Gasteiger partial charge on any atom is -0.476 e. The molecule has 5 nitrogen and oxygen atoms in total. The van der Waals surface area contributed by atoms with E-state index in [0.29, 0.717) is 18.3 Å². The third-order valence-corrected chi connectivity index (χ3v) is 2.79. The standard InChI is InChI=1S/C13H24N4O/c1-4-7-12-15-11(14)10-13(16-12)18-9-8-17(5-2)6-3/h10H,4-9H2,1-3H3,(H2,14,15,16). The van der Waals surface area contributed by atoms with E-state index in [-0.39, 0.29) is 0 Å². The fourth-order valence-electron chi connectivity index (χ4n) is 1.72. The molecule has 102 valence electrons. The van der Waals surface area contributed by atoms with Gasteiger partial charge in [0.15, 0.2) is 0 Å². The highest BCUT2D eigenvalue weighted by atomic mass is 16.5. The molecule has 0 aliphatic rings. The van der Waals surface area contributed by atoms with Gasteiger partial charge in [0.2, 0.25) is 5.88 Å². The Morgan fingerprint density at radius 1 is 1.22 bits per heavy atom. The minimum atomic E-state index is 0.478. The van der Waals surface area contributed by atoms with E-state index in [1.54, 1.807) is 6.07 Å². The van der Waals surface area contributed by atoms with Gasteiger partial charge in [0.1, 0.15) is 18.2 Å². The van der Waals surface area contributed by atoms with Crippen LogP contribution in [0.15, 0.2) is 6.07 Å². The maximum Gasteiger partial charge on any atom is 0.218 e. The molecular weight excluding hydrogens is 228 g/mol. The topological polar surface area (TPSA) is 64.3 Å². The van der Waals surface area contributed by atoms with Gasteiger partial charge in [0.05, 0.1) is 0 Å². The molecule has 0 radical (unpaired) electrons. The summed E-state index contributed by atoms with van der Waals surface area (Å²) < 4.78 is 5.64. The highest BCUT2D eigenvalue weighted by Crippen LogP contribution is 2.11. The van der Waals surface area contributed by atoms with E-state index in [0.717, 1.165) is 38.3 Å². The summed E-state index contributed by atoms with van der Waals surface area (Å²) in [5, 5.41) is 0. The molecule has 0 saturated carbocycles. The smallest absolute Gasteiger partial charge is 0.218 e. The highest BCUT2D eigenvalue weighted by molar-refractivity contribution is 5.32. The van der Waals surface area contributed by atoms with Gasteiger partial charge in [-0.3, -0.25) is 0 Å². The molecule has 0 aromatic carbocycles. The predicted molar refractivity (Wildman–Crippen MR) is 73.7 cm³/mol. The molecule has 0 saturated heterocycles. The molecule has 0 amide bonds. The average molecular weight is 252 g/mol. The lowest BCUT2D eigenvalue weighted by molar-refractivity contribution is 0.217. The normalized spacial score (nSPS) is 10.9. The molecule has 0 bridgehead atoms. The van der Waals surface area contributed by atoms with Crippen LogP contribution in [0.5, 0.6) is 5.88 Å². The van der Waals surface area contributed by atoms with Gasteiger partial charge in [-0.2, -0.15) is 4.98 Å². The van der Waals surface area contributed by atoms with Gasteiger partial charge < -0.3 is 15.4 Å². The molecule has 18 heavy (non-hydrogen) atoms. The molecule has 0 unspecified atom stereocenters. The molecule has 0 atom stereocenters. The van der Waals surface area contributed by atoms with Gasteiger partial charge in [0, 0.05) is 19.0 Å². The summed E-state index contributed by atoms with van der Waals surface area (Å²) in [4.78, 5) is 10.8. The highest BCUT2D eigenvalue weighted by Gasteiger charge is 2.04. The van der Waals surface area contributed by atoms with Gasteiger partial charge >= 0.3 is 0 Å². The molecule has 1 aromatic rings. The molecule has 0 aliphatic heterocycles. The summed E-state index contributed by atoms with van der Waals surface area (Å²) in [5.41, 5.74) is 5.73. The summed E-state index contributed by atoms with van der Waals surface area (Å²) in [6, 6.07) is 1.68. The molecule has 0 fully saturated rings. The largest absolute Gasteiger partial charge is 0.476 e. The van der Waals surface area contributed by atoms with Crippen molar-refractivity contribution in [2.75, 3.05) is 32.0 Å². The Hall–Kier alpha value is -1.36. The van der Waals surface area contributed by atoms with Crippen LogP contribution in [0.2, 0.25) is 0 Å². The summed E-state index contributed by atoms with van der Waals surface area (Å²) in [5.74, 6) is 1.82. The third-order valence-electron chi connectivity index (χ3n) is 2.79. The van der Waals surface area contributed by atoms with Crippen molar-refractivity contribution in [2.45, 2.75) is 33.6 Å². The van der Waals surface area contributed by atoms with Crippen LogP contribution in [0, 0.1) is 0 Å². The third kappa shape index (κ3) is 4.87. The van der Waals surface area contributed by atoms with Crippen molar-refractivity contribution in [1.82, 2.24) is 14.9 Å². The number of likely N-dealkylation sites (N-methyl/N-ethyl adjacent to an activating group) is 1. The van der Waals surface area contributed by atoms with Crippen molar-refractivity contribution < 1.29 is 4.74 Å². The summed E-state index contributed by atoms with van der Waals surface area (Å²) >= 11 is 0. The second-order valence-corrected chi connectivity index (χ2v) is 4.17. The number of rotatable bonds is 8. The maximum absolute atomic E-state index is 5.73. The first kappa shape index (κ1) is 14.7. The lowest BCUT2D eigenvalue weighted by atomic mass is 10.3. The number of anilines is 1. The molecule has 5 heteroatoms.